The molecule has 0 aliphatic carbocycles. The van der Waals surface area contributed by atoms with Gasteiger partial charge in [-0.1, -0.05) is 72.8 Å². The topological polar surface area (TPSA) is 74.6 Å². The number of aromatic carboxylic acids is 2. The van der Waals surface area contributed by atoms with Crippen molar-refractivity contribution in [2.75, 3.05) is 0 Å². The molecule has 0 spiro atoms. The van der Waals surface area contributed by atoms with Crippen LogP contribution in [-0.4, -0.2) is 46.1 Å². The Morgan fingerprint density at radius 1 is 0.519 bits per heavy atom. The third-order valence-electron chi connectivity index (χ3n) is 4.04. The van der Waals surface area contributed by atoms with Gasteiger partial charge >= 0.3 is 35.8 Å². The molecule has 0 atom stereocenters. The van der Waals surface area contributed by atoms with E-state index in [0.29, 0.717) is 11.1 Å². The first-order valence-corrected chi connectivity index (χ1v) is 8.00. The Hall–Kier alpha value is -2.86. The summed E-state index contributed by atoms with van der Waals surface area (Å²) in [6.45, 7) is 0. The van der Waals surface area contributed by atoms with Crippen molar-refractivity contribution in [2.45, 2.75) is 0 Å². The molecule has 0 unspecified atom stereocenters. The Morgan fingerprint density at radius 2 is 0.852 bits per heavy atom. The van der Waals surface area contributed by atoms with E-state index in [1.54, 1.807) is 24.3 Å². The molecule has 0 heterocycles. The average Bonchev–Trinajstić information content (AvgIpc) is 2.67. The van der Waals surface area contributed by atoms with Gasteiger partial charge in [0.15, 0.2) is 0 Å². The van der Waals surface area contributed by atoms with Gasteiger partial charge < -0.3 is 10.2 Å². The Labute approximate surface area is 173 Å². The van der Waals surface area contributed by atoms with Crippen molar-refractivity contribution in [3.63, 3.8) is 0 Å². The predicted octanol–water partition coefficient (Wildman–Crippen LogP) is 4.16. The standard InChI is InChI=1S/2C11H8O2.Sn.2H/c2*12-11(13)10-7-3-5-8-4-1-2-6-9(8)10;;;/h2*1-7H,(H,12,13);;;. The first-order chi connectivity index (χ1) is 12.6. The molecule has 2 N–H and O–H groups in total. The monoisotopic (exact) mass is 466 g/mol. The summed E-state index contributed by atoms with van der Waals surface area (Å²) in [6, 6.07) is 25.5. The third kappa shape index (κ3) is 4.65. The van der Waals surface area contributed by atoms with Gasteiger partial charge in [0, 0.05) is 0 Å². The van der Waals surface area contributed by atoms with Gasteiger partial charge in [0.05, 0.1) is 11.1 Å². The van der Waals surface area contributed by atoms with Crippen molar-refractivity contribution >= 4 is 57.4 Å². The maximum atomic E-state index is 10.8. The summed E-state index contributed by atoms with van der Waals surface area (Å²) in [5.41, 5.74) is 0.719. The molecule has 4 nitrogen and oxygen atoms in total. The van der Waals surface area contributed by atoms with Crippen LogP contribution in [0.5, 0.6) is 0 Å². The van der Waals surface area contributed by atoms with E-state index in [9.17, 15) is 9.59 Å². The maximum absolute atomic E-state index is 10.8. The number of carboxylic acids is 2. The molecule has 0 aliphatic rings. The molecule has 27 heavy (non-hydrogen) atoms. The second-order valence-corrected chi connectivity index (χ2v) is 5.66. The molecular formula is C22H18O4Sn. The normalized spacial score (nSPS) is 9.78. The Bertz CT molecular complexity index is 1010. The Kier molecular flexibility index (Phi) is 6.96. The van der Waals surface area contributed by atoms with E-state index in [1.807, 2.05) is 60.7 Å². The van der Waals surface area contributed by atoms with Crippen LogP contribution < -0.4 is 0 Å². The molecule has 0 bridgehead atoms. The molecule has 4 rings (SSSR count). The van der Waals surface area contributed by atoms with Crippen molar-refractivity contribution in [3.05, 3.63) is 96.1 Å². The van der Waals surface area contributed by atoms with E-state index in [-0.39, 0.29) is 23.9 Å². The molecule has 0 fully saturated rings. The van der Waals surface area contributed by atoms with Crippen LogP contribution in [0, 0.1) is 0 Å². The van der Waals surface area contributed by atoms with Crippen LogP contribution in [-0.2, 0) is 0 Å². The van der Waals surface area contributed by atoms with Gasteiger partial charge in [-0.25, -0.2) is 9.59 Å². The van der Waals surface area contributed by atoms with Gasteiger partial charge in [-0.2, -0.15) is 0 Å². The summed E-state index contributed by atoms with van der Waals surface area (Å²) < 4.78 is 0. The average molecular weight is 465 g/mol. The van der Waals surface area contributed by atoms with Gasteiger partial charge in [0.1, 0.15) is 0 Å². The fraction of sp³-hybridized carbons (Fsp3) is 0. The number of carboxylic acid groups (broad SMARTS) is 2. The number of hydrogen-bond donors (Lipinski definition) is 2. The molecule has 5 heteroatoms. The minimum absolute atomic E-state index is 0. The molecule has 0 amide bonds. The summed E-state index contributed by atoms with van der Waals surface area (Å²) in [7, 11) is 0. The second kappa shape index (κ2) is 9.18. The van der Waals surface area contributed by atoms with Gasteiger partial charge in [0.25, 0.3) is 0 Å². The number of fused-ring (bicyclic) bond motifs is 2. The van der Waals surface area contributed by atoms with E-state index in [1.165, 1.54) is 0 Å². The number of rotatable bonds is 2. The molecule has 0 saturated heterocycles. The Balaban J connectivity index is 0.000000187. The van der Waals surface area contributed by atoms with Crippen LogP contribution in [0.3, 0.4) is 0 Å². The Morgan fingerprint density at radius 3 is 1.22 bits per heavy atom. The van der Waals surface area contributed by atoms with E-state index in [4.69, 9.17) is 10.2 Å². The van der Waals surface area contributed by atoms with Crippen LogP contribution in [0.2, 0.25) is 0 Å². The van der Waals surface area contributed by atoms with Crippen LogP contribution in [0.25, 0.3) is 21.5 Å². The van der Waals surface area contributed by atoms with Gasteiger partial charge in [-0.15, -0.1) is 0 Å². The third-order valence-corrected chi connectivity index (χ3v) is 4.04. The summed E-state index contributed by atoms with van der Waals surface area (Å²) in [5.74, 6) is -1.76. The molecule has 0 aromatic heterocycles. The molecule has 2 radical (unpaired) electrons. The molecule has 4 aromatic rings. The molecular weight excluding hydrogens is 447 g/mol. The van der Waals surface area contributed by atoms with E-state index in [0.717, 1.165) is 21.5 Å². The second-order valence-electron chi connectivity index (χ2n) is 5.66. The SMILES string of the molecule is O=C(O)c1cccc2ccccc12.O=C(O)c1cccc2ccccc12.[SnH2]. The first-order valence-electron chi connectivity index (χ1n) is 8.00. The number of carbonyl (C=O) groups is 2. The predicted molar refractivity (Wildman–Crippen MR) is 110 cm³/mol. The van der Waals surface area contributed by atoms with E-state index < -0.39 is 11.9 Å². The van der Waals surface area contributed by atoms with Gasteiger partial charge in [-0.05, 0) is 33.7 Å². The van der Waals surface area contributed by atoms with Crippen molar-refractivity contribution in [1.82, 2.24) is 0 Å². The van der Waals surface area contributed by atoms with Crippen molar-refractivity contribution in [1.29, 1.82) is 0 Å². The van der Waals surface area contributed by atoms with Crippen LogP contribution >= 0.6 is 0 Å². The van der Waals surface area contributed by atoms with E-state index >= 15 is 0 Å². The summed E-state index contributed by atoms with van der Waals surface area (Å²) in [5, 5.41) is 21.3. The zero-order valence-electron chi connectivity index (χ0n) is 14.5. The van der Waals surface area contributed by atoms with Crippen molar-refractivity contribution < 1.29 is 19.8 Å². The summed E-state index contributed by atoms with van der Waals surface area (Å²) >= 11 is 0. The van der Waals surface area contributed by atoms with Crippen LogP contribution in [0.15, 0.2) is 84.9 Å². The fourth-order valence-electron chi connectivity index (χ4n) is 2.82. The molecule has 0 aliphatic heterocycles. The first kappa shape index (κ1) is 20.5. The quantitative estimate of drug-likeness (QED) is 0.437. The minimum atomic E-state index is -0.878. The van der Waals surface area contributed by atoms with Gasteiger partial charge in [-0.3, -0.25) is 0 Å². The fourth-order valence-corrected chi connectivity index (χ4v) is 2.82. The van der Waals surface area contributed by atoms with Crippen LogP contribution in [0.4, 0.5) is 0 Å². The molecule has 4 aromatic carbocycles. The zero-order valence-corrected chi connectivity index (χ0v) is 18.5. The van der Waals surface area contributed by atoms with Crippen molar-refractivity contribution in [2.24, 2.45) is 0 Å². The van der Waals surface area contributed by atoms with E-state index in [2.05, 4.69) is 0 Å². The zero-order chi connectivity index (χ0) is 18.5. The summed E-state index contributed by atoms with van der Waals surface area (Å²) in [4.78, 5) is 21.6. The molecule has 0 saturated carbocycles. The summed E-state index contributed by atoms with van der Waals surface area (Å²) in [6.07, 6.45) is 0. The molecule has 134 valence electrons. The number of benzene rings is 4. The van der Waals surface area contributed by atoms with Crippen molar-refractivity contribution in [3.8, 4) is 0 Å². The number of hydrogen-bond acceptors (Lipinski definition) is 2. The van der Waals surface area contributed by atoms with Gasteiger partial charge in [0.2, 0.25) is 0 Å². The van der Waals surface area contributed by atoms with Crippen LogP contribution in [0.1, 0.15) is 20.7 Å².